The summed E-state index contributed by atoms with van der Waals surface area (Å²) in [7, 11) is 1.61. The van der Waals surface area contributed by atoms with Crippen LogP contribution in [0, 0.1) is 0 Å². The summed E-state index contributed by atoms with van der Waals surface area (Å²) in [6.45, 7) is 0. The minimum absolute atomic E-state index is 0.241. The molecule has 0 bridgehead atoms. The van der Waals surface area contributed by atoms with Gasteiger partial charge in [-0.15, -0.1) is 0 Å². The zero-order valence-electron chi connectivity index (χ0n) is 9.25. The minimum Gasteiger partial charge on any atom is -0.318 e. The summed E-state index contributed by atoms with van der Waals surface area (Å²) < 4.78 is 0. The average Bonchev–Trinajstić information content (AvgIpc) is 2.38. The molecule has 0 aliphatic carbocycles. The fourth-order valence-electron chi connectivity index (χ4n) is 1.41. The first-order chi connectivity index (χ1) is 8.18. The maximum atomic E-state index is 12.0. The second-order valence-electron chi connectivity index (χ2n) is 3.48. The first-order valence-electron chi connectivity index (χ1n) is 5.07. The largest absolute Gasteiger partial charge is 0.318 e. The Morgan fingerprint density at radius 2 is 2.06 bits per heavy atom. The van der Waals surface area contributed by atoms with Crippen molar-refractivity contribution in [1.82, 2.24) is 9.97 Å². The highest BCUT2D eigenvalue weighted by molar-refractivity contribution is 6.03. The zero-order chi connectivity index (χ0) is 12.3. The van der Waals surface area contributed by atoms with Crippen LogP contribution in [0.25, 0.3) is 0 Å². The lowest BCUT2D eigenvalue weighted by molar-refractivity contribution is 0.0987. The zero-order valence-corrected chi connectivity index (χ0v) is 9.25. The van der Waals surface area contributed by atoms with Crippen molar-refractivity contribution >= 4 is 11.7 Å². The number of pyridine rings is 2. The second-order valence-corrected chi connectivity index (χ2v) is 3.48. The van der Waals surface area contributed by atoms with Crippen LogP contribution in [-0.2, 0) is 0 Å². The maximum Gasteiger partial charge on any atom is 0.275 e. The Bertz CT molecular complexity index is 578. The van der Waals surface area contributed by atoms with Gasteiger partial charge in [0, 0.05) is 19.3 Å². The number of nitrogens with one attached hydrogen (secondary N) is 1. The molecular weight excluding hydrogens is 218 g/mol. The highest BCUT2D eigenvalue weighted by atomic mass is 16.2. The lowest BCUT2D eigenvalue weighted by Gasteiger charge is -2.15. The number of hydrogen-bond acceptors (Lipinski definition) is 3. The molecule has 0 saturated carbocycles. The van der Waals surface area contributed by atoms with E-state index in [-0.39, 0.29) is 17.2 Å². The number of rotatable bonds is 2. The van der Waals surface area contributed by atoms with Crippen LogP contribution < -0.4 is 10.5 Å². The van der Waals surface area contributed by atoms with Gasteiger partial charge in [0.25, 0.3) is 5.91 Å². The summed E-state index contributed by atoms with van der Waals surface area (Å²) in [5.41, 5.74) is -0.0593. The molecule has 0 aliphatic heterocycles. The van der Waals surface area contributed by atoms with Crippen molar-refractivity contribution in [1.29, 1.82) is 0 Å². The summed E-state index contributed by atoms with van der Waals surface area (Å²) in [5.74, 6) is 0.226. The molecule has 0 saturated heterocycles. The SMILES string of the molecule is CN(C(=O)c1cccc(=O)[nH]1)c1ccccn1. The van der Waals surface area contributed by atoms with E-state index in [1.54, 1.807) is 43.6 Å². The van der Waals surface area contributed by atoms with Crippen LogP contribution in [0.3, 0.4) is 0 Å². The number of aromatic amines is 1. The van der Waals surface area contributed by atoms with E-state index in [0.717, 1.165) is 0 Å². The van der Waals surface area contributed by atoms with Gasteiger partial charge in [-0.2, -0.15) is 0 Å². The summed E-state index contributed by atoms with van der Waals surface area (Å²) in [6, 6.07) is 9.74. The molecule has 5 heteroatoms. The molecule has 5 nitrogen and oxygen atoms in total. The smallest absolute Gasteiger partial charge is 0.275 e. The van der Waals surface area contributed by atoms with Crippen molar-refractivity contribution in [3.8, 4) is 0 Å². The summed E-state index contributed by atoms with van der Waals surface area (Å²) in [4.78, 5) is 31.0. The van der Waals surface area contributed by atoms with Crippen molar-refractivity contribution in [3.63, 3.8) is 0 Å². The van der Waals surface area contributed by atoms with Gasteiger partial charge in [0.1, 0.15) is 11.5 Å². The van der Waals surface area contributed by atoms with E-state index in [4.69, 9.17) is 0 Å². The molecule has 1 amide bonds. The van der Waals surface area contributed by atoms with E-state index in [0.29, 0.717) is 5.82 Å². The van der Waals surface area contributed by atoms with Gasteiger partial charge < -0.3 is 4.98 Å². The minimum atomic E-state index is -0.304. The number of carbonyl (C=O) groups excluding carboxylic acids is 1. The van der Waals surface area contributed by atoms with E-state index in [9.17, 15) is 9.59 Å². The number of H-pyrrole nitrogens is 1. The third-order valence-electron chi connectivity index (χ3n) is 2.30. The van der Waals surface area contributed by atoms with Crippen molar-refractivity contribution in [2.24, 2.45) is 0 Å². The highest BCUT2D eigenvalue weighted by Gasteiger charge is 2.14. The van der Waals surface area contributed by atoms with Crippen LogP contribution in [0.2, 0.25) is 0 Å². The van der Waals surface area contributed by atoms with Gasteiger partial charge >= 0.3 is 0 Å². The molecule has 1 N–H and O–H groups in total. The molecule has 2 aromatic rings. The summed E-state index contributed by atoms with van der Waals surface area (Å²) in [6.07, 6.45) is 1.60. The molecule has 0 atom stereocenters. The monoisotopic (exact) mass is 229 g/mol. The van der Waals surface area contributed by atoms with Crippen molar-refractivity contribution in [2.75, 3.05) is 11.9 Å². The average molecular weight is 229 g/mol. The fourth-order valence-corrected chi connectivity index (χ4v) is 1.41. The van der Waals surface area contributed by atoms with Gasteiger partial charge in [-0.05, 0) is 18.2 Å². The Labute approximate surface area is 97.7 Å². The molecule has 0 spiro atoms. The van der Waals surface area contributed by atoms with Crippen LogP contribution in [-0.4, -0.2) is 22.9 Å². The Morgan fingerprint density at radius 1 is 1.24 bits per heavy atom. The van der Waals surface area contributed by atoms with Crippen LogP contribution in [0.1, 0.15) is 10.5 Å². The molecule has 2 aromatic heterocycles. The molecule has 86 valence electrons. The third kappa shape index (κ3) is 2.39. The van der Waals surface area contributed by atoms with Crippen molar-refractivity contribution in [2.45, 2.75) is 0 Å². The third-order valence-corrected chi connectivity index (χ3v) is 2.30. The number of anilines is 1. The molecule has 2 heterocycles. The van der Waals surface area contributed by atoms with Crippen LogP contribution in [0.4, 0.5) is 5.82 Å². The number of nitrogens with zero attached hydrogens (tertiary/aromatic N) is 2. The standard InChI is InChI=1S/C12H11N3O2/c1-15(10-6-2-3-8-13-10)12(17)9-5-4-7-11(16)14-9/h2-8H,1H3,(H,14,16). The molecule has 0 radical (unpaired) electrons. The molecule has 0 fully saturated rings. The molecular formula is C12H11N3O2. The highest BCUT2D eigenvalue weighted by Crippen LogP contribution is 2.09. The number of carbonyl (C=O) groups is 1. The predicted octanol–water partition coefficient (Wildman–Crippen LogP) is 1.05. The number of amides is 1. The normalized spacial score (nSPS) is 9.94. The quantitative estimate of drug-likeness (QED) is 0.836. The topological polar surface area (TPSA) is 66.1 Å². The first kappa shape index (κ1) is 11.1. The molecule has 17 heavy (non-hydrogen) atoms. The van der Waals surface area contributed by atoms with Crippen molar-refractivity contribution in [3.05, 3.63) is 58.6 Å². The Kier molecular flexibility index (Phi) is 3.00. The number of aromatic nitrogens is 2. The molecule has 0 unspecified atom stereocenters. The summed E-state index contributed by atoms with van der Waals surface area (Å²) >= 11 is 0. The predicted molar refractivity (Wildman–Crippen MR) is 64.0 cm³/mol. The van der Waals surface area contributed by atoms with Gasteiger partial charge in [-0.25, -0.2) is 4.98 Å². The van der Waals surface area contributed by atoms with Crippen LogP contribution >= 0.6 is 0 Å². The lowest BCUT2D eigenvalue weighted by atomic mass is 10.3. The molecule has 0 aromatic carbocycles. The fraction of sp³-hybridized carbons (Fsp3) is 0.0833. The van der Waals surface area contributed by atoms with E-state index >= 15 is 0 Å². The van der Waals surface area contributed by atoms with Gasteiger partial charge in [0.15, 0.2) is 0 Å². The van der Waals surface area contributed by atoms with E-state index < -0.39 is 0 Å². The van der Waals surface area contributed by atoms with Crippen LogP contribution in [0.5, 0.6) is 0 Å². The maximum absolute atomic E-state index is 12.0. The first-order valence-corrected chi connectivity index (χ1v) is 5.07. The van der Waals surface area contributed by atoms with E-state index in [2.05, 4.69) is 9.97 Å². The Balaban J connectivity index is 2.30. The van der Waals surface area contributed by atoms with Gasteiger partial charge in [-0.1, -0.05) is 12.1 Å². The van der Waals surface area contributed by atoms with Gasteiger partial charge in [-0.3, -0.25) is 14.5 Å². The Hall–Kier alpha value is -2.43. The number of hydrogen-bond donors (Lipinski definition) is 1. The Morgan fingerprint density at radius 3 is 2.71 bits per heavy atom. The van der Waals surface area contributed by atoms with Gasteiger partial charge in [0.05, 0.1) is 0 Å². The second kappa shape index (κ2) is 4.61. The van der Waals surface area contributed by atoms with Gasteiger partial charge in [0.2, 0.25) is 5.56 Å². The van der Waals surface area contributed by atoms with Crippen molar-refractivity contribution < 1.29 is 4.79 Å². The lowest BCUT2D eigenvalue weighted by Crippen LogP contribution is -2.29. The summed E-state index contributed by atoms with van der Waals surface area (Å²) in [5, 5.41) is 0. The molecule has 2 rings (SSSR count). The van der Waals surface area contributed by atoms with E-state index in [1.165, 1.54) is 11.0 Å². The van der Waals surface area contributed by atoms with E-state index in [1.807, 2.05) is 0 Å². The molecule has 0 aliphatic rings. The van der Waals surface area contributed by atoms with Crippen LogP contribution in [0.15, 0.2) is 47.4 Å².